The lowest BCUT2D eigenvalue weighted by Gasteiger charge is -2.14. The van der Waals surface area contributed by atoms with Gasteiger partial charge in [0.2, 0.25) is 0 Å². The molecule has 102 valence electrons. The molecule has 0 amide bonds. The topological polar surface area (TPSA) is 8.17 Å². The van der Waals surface area contributed by atoms with Crippen LogP contribution < -0.4 is 0 Å². The minimum atomic E-state index is -0.143. The molecule has 1 fully saturated rings. The van der Waals surface area contributed by atoms with Crippen molar-refractivity contribution in [1.82, 2.24) is 9.47 Å². The minimum Gasteiger partial charge on any atom is -0.343 e. The quantitative estimate of drug-likeness (QED) is 0.797. The van der Waals surface area contributed by atoms with E-state index in [1.807, 2.05) is 6.07 Å². The van der Waals surface area contributed by atoms with Crippen LogP contribution in [0, 0.1) is 5.82 Å². The zero-order chi connectivity index (χ0) is 13.6. The standard InChI is InChI=1S/C16H21FN2/c1-11(2)15-10-19(13-6-7-18(3)9-13)16-5-4-12(17)8-14(15)16/h4-5,8,10-11,13H,6-7,9H2,1-3H3. The molecule has 3 heteroatoms. The Hall–Kier alpha value is -1.35. The summed E-state index contributed by atoms with van der Waals surface area (Å²) in [6.07, 6.45) is 3.41. The molecule has 1 unspecified atom stereocenters. The third-order valence-electron chi connectivity index (χ3n) is 4.21. The van der Waals surface area contributed by atoms with Gasteiger partial charge < -0.3 is 9.47 Å². The van der Waals surface area contributed by atoms with Gasteiger partial charge in [0, 0.05) is 29.7 Å². The highest BCUT2D eigenvalue weighted by molar-refractivity contribution is 5.84. The summed E-state index contributed by atoms with van der Waals surface area (Å²) in [5.74, 6) is 0.278. The van der Waals surface area contributed by atoms with E-state index in [0.717, 1.165) is 18.5 Å². The molecule has 19 heavy (non-hydrogen) atoms. The Balaban J connectivity index is 2.14. The van der Waals surface area contributed by atoms with Gasteiger partial charge in [0.1, 0.15) is 5.82 Å². The molecule has 0 bridgehead atoms. The van der Waals surface area contributed by atoms with E-state index >= 15 is 0 Å². The highest BCUT2D eigenvalue weighted by Gasteiger charge is 2.23. The van der Waals surface area contributed by atoms with E-state index in [1.54, 1.807) is 12.1 Å². The summed E-state index contributed by atoms with van der Waals surface area (Å²) in [7, 11) is 2.16. The molecule has 0 radical (unpaired) electrons. The summed E-state index contributed by atoms with van der Waals surface area (Å²) in [5, 5.41) is 1.07. The Morgan fingerprint density at radius 3 is 2.74 bits per heavy atom. The maximum absolute atomic E-state index is 13.5. The second kappa shape index (κ2) is 4.64. The summed E-state index contributed by atoms with van der Waals surface area (Å²) < 4.78 is 15.9. The van der Waals surface area contributed by atoms with Gasteiger partial charge in [-0.2, -0.15) is 0 Å². The molecule has 2 nitrogen and oxygen atoms in total. The van der Waals surface area contributed by atoms with Gasteiger partial charge in [-0.25, -0.2) is 4.39 Å². The summed E-state index contributed by atoms with van der Waals surface area (Å²) in [6.45, 7) is 6.57. The Bertz CT molecular complexity index is 600. The Labute approximate surface area is 113 Å². The number of benzene rings is 1. The van der Waals surface area contributed by atoms with Gasteiger partial charge in [-0.3, -0.25) is 0 Å². The van der Waals surface area contributed by atoms with Crippen LogP contribution in [0.5, 0.6) is 0 Å². The smallest absolute Gasteiger partial charge is 0.123 e. The molecule has 1 atom stereocenters. The van der Waals surface area contributed by atoms with Crippen molar-refractivity contribution in [1.29, 1.82) is 0 Å². The molecule has 0 spiro atoms. The average molecular weight is 260 g/mol. The van der Waals surface area contributed by atoms with E-state index in [4.69, 9.17) is 0 Å². The molecule has 1 saturated heterocycles. The molecule has 0 saturated carbocycles. The third kappa shape index (κ3) is 2.16. The summed E-state index contributed by atoms with van der Waals surface area (Å²) in [6, 6.07) is 5.70. The summed E-state index contributed by atoms with van der Waals surface area (Å²) in [5.41, 5.74) is 2.43. The molecule has 1 aromatic carbocycles. The number of aromatic nitrogens is 1. The largest absolute Gasteiger partial charge is 0.343 e. The predicted octanol–water partition coefficient (Wildman–Crippen LogP) is 3.78. The first-order chi connectivity index (χ1) is 9.06. The van der Waals surface area contributed by atoms with Crippen molar-refractivity contribution in [2.24, 2.45) is 0 Å². The molecule has 0 N–H and O–H groups in total. The van der Waals surface area contributed by atoms with Crippen LogP contribution in [0.25, 0.3) is 10.9 Å². The highest BCUT2D eigenvalue weighted by atomic mass is 19.1. The lowest BCUT2D eigenvalue weighted by Crippen LogP contribution is -2.15. The lowest BCUT2D eigenvalue weighted by molar-refractivity contribution is 0.395. The number of nitrogens with zero attached hydrogens (tertiary/aromatic N) is 2. The van der Waals surface area contributed by atoms with E-state index in [9.17, 15) is 4.39 Å². The summed E-state index contributed by atoms with van der Waals surface area (Å²) >= 11 is 0. The molecular formula is C16H21FN2. The number of rotatable bonds is 2. The number of fused-ring (bicyclic) bond motifs is 1. The Morgan fingerprint density at radius 2 is 2.11 bits per heavy atom. The fourth-order valence-electron chi connectivity index (χ4n) is 3.15. The van der Waals surface area contributed by atoms with Gasteiger partial charge >= 0.3 is 0 Å². The SMILES string of the molecule is CC(C)c1cn(C2CCN(C)C2)c2ccc(F)cc12. The zero-order valence-corrected chi connectivity index (χ0v) is 11.9. The van der Waals surface area contributed by atoms with Crippen molar-refractivity contribution in [3.8, 4) is 0 Å². The summed E-state index contributed by atoms with van der Waals surface area (Å²) in [4.78, 5) is 2.36. The number of likely N-dealkylation sites (N-methyl/N-ethyl adjacent to an activating group) is 1. The van der Waals surface area contributed by atoms with Gasteiger partial charge in [0.05, 0.1) is 0 Å². The fourth-order valence-corrected chi connectivity index (χ4v) is 3.15. The fraction of sp³-hybridized carbons (Fsp3) is 0.500. The van der Waals surface area contributed by atoms with Crippen LogP contribution in [0.2, 0.25) is 0 Å². The van der Waals surface area contributed by atoms with Gasteiger partial charge in [-0.05, 0) is 49.7 Å². The van der Waals surface area contributed by atoms with E-state index < -0.39 is 0 Å². The molecule has 2 aromatic rings. The molecular weight excluding hydrogens is 239 g/mol. The Morgan fingerprint density at radius 1 is 1.32 bits per heavy atom. The minimum absolute atomic E-state index is 0.143. The van der Waals surface area contributed by atoms with Gasteiger partial charge in [0.25, 0.3) is 0 Å². The second-order valence-corrected chi connectivity index (χ2v) is 6.01. The van der Waals surface area contributed by atoms with Crippen molar-refractivity contribution >= 4 is 10.9 Å². The van der Waals surface area contributed by atoms with Crippen molar-refractivity contribution < 1.29 is 4.39 Å². The second-order valence-electron chi connectivity index (χ2n) is 6.01. The van der Waals surface area contributed by atoms with E-state index in [0.29, 0.717) is 12.0 Å². The first-order valence-electron chi connectivity index (χ1n) is 7.05. The normalized spacial score (nSPS) is 20.8. The van der Waals surface area contributed by atoms with Crippen molar-refractivity contribution in [3.63, 3.8) is 0 Å². The van der Waals surface area contributed by atoms with Crippen LogP contribution in [-0.4, -0.2) is 29.6 Å². The maximum Gasteiger partial charge on any atom is 0.123 e. The van der Waals surface area contributed by atoms with Crippen LogP contribution in [-0.2, 0) is 0 Å². The van der Waals surface area contributed by atoms with E-state index in [-0.39, 0.29) is 5.82 Å². The maximum atomic E-state index is 13.5. The van der Waals surface area contributed by atoms with Crippen LogP contribution in [0.4, 0.5) is 4.39 Å². The van der Waals surface area contributed by atoms with E-state index in [2.05, 4.69) is 36.6 Å². The molecule has 1 aromatic heterocycles. The lowest BCUT2D eigenvalue weighted by atomic mass is 10.0. The molecule has 1 aliphatic rings. The molecule has 2 heterocycles. The molecule has 0 aliphatic carbocycles. The van der Waals surface area contributed by atoms with E-state index in [1.165, 1.54) is 17.5 Å². The van der Waals surface area contributed by atoms with Crippen molar-refractivity contribution in [3.05, 3.63) is 35.8 Å². The Kier molecular flexibility index (Phi) is 3.09. The zero-order valence-electron chi connectivity index (χ0n) is 11.9. The molecule has 1 aliphatic heterocycles. The van der Waals surface area contributed by atoms with Crippen LogP contribution in [0.15, 0.2) is 24.4 Å². The average Bonchev–Trinajstić information content (AvgIpc) is 2.92. The van der Waals surface area contributed by atoms with Gasteiger partial charge in [-0.15, -0.1) is 0 Å². The monoisotopic (exact) mass is 260 g/mol. The molecule has 3 rings (SSSR count). The predicted molar refractivity (Wildman–Crippen MR) is 77.1 cm³/mol. The number of hydrogen-bond donors (Lipinski definition) is 0. The highest BCUT2D eigenvalue weighted by Crippen LogP contribution is 2.33. The van der Waals surface area contributed by atoms with Gasteiger partial charge in [-0.1, -0.05) is 13.8 Å². The van der Waals surface area contributed by atoms with Crippen LogP contribution in [0.3, 0.4) is 0 Å². The first kappa shape index (κ1) is 12.7. The van der Waals surface area contributed by atoms with Crippen LogP contribution >= 0.6 is 0 Å². The van der Waals surface area contributed by atoms with Crippen molar-refractivity contribution in [2.75, 3.05) is 20.1 Å². The number of likely N-dealkylation sites (tertiary alicyclic amines) is 1. The van der Waals surface area contributed by atoms with Gasteiger partial charge in [0.15, 0.2) is 0 Å². The third-order valence-corrected chi connectivity index (χ3v) is 4.21. The van der Waals surface area contributed by atoms with Crippen LogP contribution in [0.1, 0.15) is 37.8 Å². The number of halogens is 1. The first-order valence-corrected chi connectivity index (χ1v) is 7.05. The van der Waals surface area contributed by atoms with Crippen molar-refractivity contribution in [2.45, 2.75) is 32.2 Å². The number of hydrogen-bond acceptors (Lipinski definition) is 1.